The Morgan fingerprint density at radius 1 is 1.14 bits per heavy atom. The molecule has 1 N–H and O–H groups in total. The van der Waals surface area contributed by atoms with Gasteiger partial charge in [-0.25, -0.2) is 4.79 Å². The summed E-state index contributed by atoms with van der Waals surface area (Å²) in [4.78, 5) is 24.2. The summed E-state index contributed by atoms with van der Waals surface area (Å²) in [5.74, 6) is -0.624. The first kappa shape index (κ1) is 21.7. The number of carbonyl (C=O) groups excluding carboxylic acids is 2. The molecule has 0 saturated heterocycles. The summed E-state index contributed by atoms with van der Waals surface area (Å²) >= 11 is 0. The van der Waals surface area contributed by atoms with Gasteiger partial charge in [-0.15, -0.1) is 0 Å². The van der Waals surface area contributed by atoms with Crippen LogP contribution in [-0.2, 0) is 14.3 Å². The average Bonchev–Trinajstić information content (AvgIpc) is 2.72. The van der Waals surface area contributed by atoms with Gasteiger partial charge in [0.05, 0.1) is 13.2 Å². The minimum absolute atomic E-state index is 0.190. The van der Waals surface area contributed by atoms with Gasteiger partial charge >= 0.3 is 5.97 Å². The lowest BCUT2D eigenvalue weighted by Gasteiger charge is -2.15. The Labute approximate surface area is 170 Å². The monoisotopic (exact) mass is 392 g/mol. The number of rotatable bonds is 7. The van der Waals surface area contributed by atoms with E-state index in [4.69, 9.17) is 9.47 Å². The lowest BCUT2D eigenvalue weighted by molar-refractivity contribution is -0.144. The third-order valence-electron chi connectivity index (χ3n) is 4.51. The lowest BCUT2D eigenvalue weighted by Crippen LogP contribution is -2.31. The number of aryl methyl sites for hydroxylation is 2. The van der Waals surface area contributed by atoms with Crippen LogP contribution in [-0.4, -0.2) is 25.6 Å². The van der Waals surface area contributed by atoms with Crippen molar-refractivity contribution in [2.45, 2.75) is 26.8 Å². The van der Waals surface area contributed by atoms with Crippen molar-refractivity contribution in [1.82, 2.24) is 5.32 Å². The molecule has 2 rings (SSSR count). The van der Waals surface area contributed by atoms with E-state index in [1.165, 1.54) is 11.6 Å². The molecule has 0 heterocycles. The molecule has 0 aliphatic carbocycles. The highest BCUT2D eigenvalue weighted by Gasteiger charge is 2.15. The summed E-state index contributed by atoms with van der Waals surface area (Å²) in [5, 5.41) is 12.0. The molecular weight excluding hydrogens is 368 g/mol. The van der Waals surface area contributed by atoms with Crippen LogP contribution < -0.4 is 10.1 Å². The number of nitriles is 1. The van der Waals surface area contributed by atoms with Gasteiger partial charge in [-0.3, -0.25) is 4.79 Å². The molecule has 6 heteroatoms. The number of nitrogens with zero attached hydrogens (tertiary/aromatic N) is 1. The third-order valence-corrected chi connectivity index (χ3v) is 4.51. The van der Waals surface area contributed by atoms with Crippen LogP contribution in [0.2, 0.25) is 0 Å². The van der Waals surface area contributed by atoms with Crippen molar-refractivity contribution in [3.8, 4) is 11.8 Å². The average molecular weight is 392 g/mol. The number of methoxy groups -OCH3 is 1. The molecule has 2 aromatic rings. The highest BCUT2D eigenvalue weighted by Crippen LogP contribution is 2.17. The quantitative estimate of drug-likeness (QED) is 0.441. The molecule has 1 amide bonds. The predicted molar refractivity (Wildman–Crippen MR) is 110 cm³/mol. The lowest BCUT2D eigenvalue weighted by atomic mass is 10.0. The Morgan fingerprint density at radius 3 is 2.41 bits per heavy atom. The number of carbonyl (C=O) groups is 2. The Balaban J connectivity index is 1.93. The van der Waals surface area contributed by atoms with Gasteiger partial charge in [-0.05, 0) is 61.2 Å². The number of esters is 1. The van der Waals surface area contributed by atoms with E-state index in [1.807, 2.05) is 39.0 Å². The van der Waals surface area contributed by atoms with Gasteiger partial charge in [0.15, 0.2) is 6.61 Å². The molecule has 0 radical (unpaired) electrons. The van der Waals surface area contributed by atoms with Crippen molar-refractivity contribution in [3.05, 3.63) is 70.3 Å². The fourth-order valence-electron chi connectivity index (χ4n) is 2.61. The minimum atomic E-state index is -0.850. The first-order valence-corrected chi connectivity index (χ1v) is 9.13. The molecule has 0 aromatic heterocycles. The number of benzene rings is 2. The first-order valence-electron chi connectivity index (χ1n) is 9.13. The Kier molecular flexibility index (Phi) is 7.55. The summed E-state index contributed by atoms with van der Waals surface area (Å²) in [6.45, 7) is 5.42. The zero-order valence-electron chi connectivity index (χ0n) is 17.0. The van der Waals surface area contributed by atoms with Crippen LogP contribution in [0.15, 0.2) is 48.0 Å². The number of amides is 1. The van der Waals surface area contributed by atoms with Gasteiger partial charge < -0.3 is 14.8 Å². The van der Waals surface area contributed by atoms with Crippen molar-refractivity contribution in [2.75, 3.05) is 13.7 Å². The Bertz CT molecular complexity index is 956. The van der Waals surface area contributed by atoms with E-state index in [0.29, 0.717) is 11.3 Å². The van der Waals surface area contributed by atoms with Crippen molar-refractivity contribution in [2.24, 2.45) is 0 Å². The second-order valence-corrected chi connectivity index (χ2v) is 6.65. The van der Waals surface area contributed by atoms with E-state index in [1.54, 1.807) is 37.4 Å². The maximum Gasteiger partial charge on any atom is 0.349 e. The van der Waals surface area contributed by atoms with Crippen LogP contribution in [0, 0.1) is 25.2 Å². The molecule has 0 fully saturated rings. The molecule has 1 atom stereocenters. The standard InChI is InChI=1S/C23H24N2O4/c1-15-5-8-19(11-16(15)2)17(3)25-22(26)14-29-23(27)20(13-24)12-18-6-9-21(28-4)10-7-18/h5-12,17H,14H2,1-4H3,(H,25,26)/b20-12+/t17-/m1/s1. The largest absolute Gasteiger partial charge is 0.497 e. The Morgan fingerprint density at radius 2 is 1.83 bits per heavy atom. The maximum absolute atomic E-state index is 12.1. The van der Waals surface area contributed by atoms with Crippen molar-refractivity contribution < 1.29 is 19.1 Å². The second kappa shape index (κ2) is 10.1. The molecule has 0 saturated carbocycles. The zero-order chi connectivity index (χ0) is 21.4. The minimum Gasteiger partial charge on any atom is -0.497 e. The van der Waals surface area contributed by atoms with Crippen LogP contribution in [0.5, 0.6) is 5.75 Å². The Hall–Kier alpha value is -3.59. The van der Waals surface area contributed by atoms with Crippen molar-refractivity contribution >= 4 is 18.0 Å². The van der Waals surface area contributed by atoms with E-state index in [9.17, 15) is 14.9 Å². The smallest absolute Gasteiger partial charge is 0.349 e. The molecule has 6 nitrogen and oxygen atoms in total. The summed E-state index contributed by atoms with van der Waals surface area (Å²) in [7, 11) is 1.55. The van der Waals surface area contributed by atoms with E-state index >= 15 is 0 Å². The van der Waals surface area contributed by atoms with E-state index in [0.717, 1.165) is 11.1 Å². The van der Waals surface area contributed by atoms with Crippen LogP contribution in [0.25, 0.3) is 6.08 Å². The van der Waals surface area contributed by atoms with Crippen LogP contribution in [0.3, 0.4) is 0 Å². The molecule has 150 valence electrons. The van der Waals surface area contributed by atoms with Gasteiger partial charge in [0.1, 0.15) is 17.4 Å². The topological polar surface area (TPSA) is 88.4 Å². The van der Waals surface area contributed by atoms with Crippen LogP contribution >= 0.6 is 0 Å². The maximum atomic E-state index is 12.1. The molecular formula is C23H24N2O4. The number of ether oxygens (including phenoxy) is 2. The van der Waals surface area contributed by atoms with Gasteiger partial charge in [0.2, 0.25) is 0 Å². The van der Waals surface area contributed by atoms with Gasteiger partial charge in [0, 0.05) is 0 Å². The molecule has 0 spiro atoms. The molecule has 0 aliphatic rings. The SMILES string of the molecule is COc1ccc(/C=C(\C#N)C(=O)OCC(=O)N[C@H](C)c2ccc(C)c(C)c2)cc1. The predicted octanol–water partition coefficient (Wildman–Crippen LogP) is 3.64. The van der Waals surface area contributed by atoms with Gasteiger partial charge in [-0.2, -0.15) is 5.26 Å². The number of hydrogen-bond donors (Lipinski definition) is 1. The van der Waals surface area contributed by atoms with E-state index in [-0.39, 0.29) is 11.6 Å². The summed E-state index contributed by atoms with van der Waals surface area (Å²) in [5.41, 5.74) is 3.73. The van der Waals surface area contributed by atoms with Crippen molar-refractivity contribution in [3.63, 3.8) is 0 Å². The number of hydrogen-bond acceptors (Lipinski definition) is 5. The van der Waals surface area contributed by atoms with E-state index in [2.05, 4.69) is 5.32 Å². The normalized spacial score (nSPS) is 11.9. The summed E-state index contributed by atoms with van der Waals surface area (Å²) < 4.78 is 10.1. The van der Waals surface area contributed by atoms with Gasteiger partial charge in [0.25, 0.3) is 5.91 Å². The second-order valence-electron chi connectivity index (χ2n) is 6.65. The van der Waals surface area contributed by atoms with E-state index < -0.39 is 18.5 Å². The molecule has 0 aliphatic heterocycles. The summed E-state index contributed by atoms with van der Waals surface area (Å²) in [6, 6.07) is 14.4. The van der Waals surface area contributed by atoms with Gasteiger partial charge in [-0.1, -0.05) is 30.3 Å². The number of nitrogens with one attached hydrogen (secondary N) is 1. The fourth-order valence-corrected chi connectivity index (χ4v) is 2.61. The van der Waals surface area contributed by atoms with Crippen molar-refractivity contribution in [1.29, 1.82) is 5.26 Å². The highest BCUT2D eigenvalue weighted by atomic mass is 16.5. The third kappa shape index (κ3) is 6.22. The summed E-state index contributed by atoms with van der Waals surface area (Å²) in [6.07, 6.45) is 1.40. The molecule has 0 bridgehead atoms. The molecule has 0 unspecified atom stereocenters. The molecule has 2 aromatic carbocycles. The fraction of sp³-hybridized carbons (Fsp3) is 0.261. The highest BCUT2D eigenvalue weighted by molar-refractivity contribution is 5.98. The first-order chi connectivity index (χ1) is 13.8. The molecule has 29 heavy (non-hydrogen) atoms. The van der Waals surface area contributed by atoms with Crippen LogP contribution in [0.4, 0.5) is 0 Å². The zero-order valence-corrected chi connectivity index (χ0v) is 17.0. The van der Waals surface area contributed by atoms with Crippen LogP contribution in [0.1, 0.15) is 35.2 Å².